The molecule has 0 saturated carbocycles. The van der Waals surface area contributed by atoms with Crippen LogP contribution < -0.4 is 5.32 Å². The maximum atomic E-state index is 12.6. The van der Waals surface area contributed by atoms with Gasteiger partial charge in [-0.25, -0.2) is 4.52 Å². The number of amides is 1. The summed E-state index contributed by atoms with van der Waals surface area (Å²) in [5.74, 6) is -0.527. The van der Waals surface area contributed by atoms with Crippen molar-refractivity contribution in [3.05, 3.63) is 73.6 Å². The third-order valence-corrected chi connectivity index (χ3v) is 5.52. The van der Waals surface area contributed by atoms with Crippen molar-refractivity contribution in [3.63, 3.8) is 0 Å². The Bertz CT molecular complexity index is 1280. The molecule has 4 rings (SSSR count). The summed E-state index contributed by atoms with van der Waals surface area (Å²) < 4.78 is 1.66. The molecule has 0 bridgehead atoms. The molecule has 0 atom stereocenters. The van der Waals surface area contributed by atoms with E-state index in [1.807, 2.05) is 31.4 Å². The molecular weight excluding hydrogens is 414 g/mol. The van der Waals surface area contributed by atoms with E-state index in [0.29, 0.717) is 4.96 Å². The van der Waals surface area contributed by atoms with Gasteiger partial charge >= 0.3 is 0 Å². The maximum absolute atomic E-state index is 12.6. The lowest BCUT2D eigenvalue weighted by molar-refractivity contribution is -0.384. The molecule has 1 N–H and O–H groups in total. The van der Waals surface area contributed by atoms with E-state index in [4.69, 9.17) is 11.6 Å². The number of rotatable bonds is 4. The molecule has 2 heterocycles. The molecule has 0 aliphatic rings. The number of hydrogen-bond acceptors (Lipinski definition) is 6. The van der Waals surface area contributed by atoms with Gasteiger partial charge in [0.1, 0.15) is 0 Å². The van der Waals surface area contributed by atoms with Crippen molar-refractivity contribution in [2.75, 3.05) is 5.32 Å². The fourth-order valence-corrected chi connectivity index (χ4v) is 4.02. The highest BCUT2D eigenvalue weighted by Crippen LogP contribution is 2.29. The average Bonchev–Trinajstić information content (AvgIpc) is 3.22. The summed E-state index contributed by atoms with van der Waals surface area (Å²) in [6.07, 6.45) is 0. The van der Waals surface area contributed by atoms with Gasteiger partial charge in [-0.2, -0.15) is 4.98 Å². The Labute approximate surface area is 173 Å². The van der Waals surface area contributed by atoms with E-state index in [1.165, 1.54) is 23.5 Å². The number of thiazole rings is 1. The molecule has 10 heteroatoms. The Morgan fingerprint density at radius 2 is 2.03 bits per heavy atom. The number of nitrogens with zero attached hydrogens (tertiary/aromatic N) is 4. The first-order valence-corrected chi connectivity index (χ1v) is 9.76. The molecule has 29 heavy (non-hydrogen) atoms. The minimum absolute atomic E-state index is 0.0198. The van der Waals surface area contributed by atoms with Crippen LogP contribution in [0.4, 0.5) is 11.6 Å². The normalized spacial score (nSPS) is 11.0. The highest BCUT2D eigenvalue weighted by atomic mass is 35.5. The van der Waals surface area contributed by atoms with Crippen LogP contribution >= 0.6 is 22.9 Å². The SMILES string of the molecule is Cc1ccc(-c2csc3nc(NC(=O)c4cc([N+](=O)[O-])ccc4Cl)nn23)c(C)c1. The second-order valence-electron chi connectivity index (χ2n) is 6.44. The first-order valence-electron chi connectivity index (χ1n) is 8.50. The molecule has 0 aliphatic heterocycles. The zero-order valence-corrected chi connectivity index (χ0v) is 16.9. The number of halogens is 1. The van der Waals surface area contributed by atoms with E-state index >= 15 is 0 Å². The number of aryl methyl sites for hydroxylation is 2. The number of anilines is 1. The van der Waals surface area contributed by atoms with Gasteiger partial charge in [0, 0.05) is 23.1 Å². The third-order valence-electron chi connectivity index (χ3n) is 4.37. The number of non-ortho nitro benzene ring substituents is 1. The van der Waals surface area contributed by atoms with Crippen molar-refractivity contribution in [3.8, 4) is 11.3 Å². The quantitative estimate of drug-likeness (QED) is 0.369. The van der Waals surface area contributed by atoms with Crippen molar-refractivity contribution in [2.24, 2.45) is 0 Å². The highest BCUT2D eigenvalue weighted by molar-refractivity contribution is 7.15. The summed E-state index contributed by atoms with van der Waals surface area (Å²) in [4.78, 5) is 27.8. The lowest BCUT2D eigenvalue weighted by Gasteiger charge is -2.05. The van der Waals surface area contributed by atoms with Crippen LogP contribution in [0.25, 0.3) is 16.2 Å². The lowest BCUT2D eigenvalue weighted by atomic mass is 10.0. The van der Waals surface area contributed by atoms with E-state index in [-0.39, 0.29) is 22.2 Å². The molecule has 0 fully saturated rings. The molecule has 146 valence electrons. The van der Waals surface area contributed by atoms with Gasteiger partial charge in [-0.3, -0.25) is 20.2 Å². The number of fused-ring (bicyclic) bond motifs is 1. The van der Waals surface area contributed by atoms with Gasteiger partial charge in [-0.1, -0.05) is 35.4 Å². The minimum atomic E-state index is -0.620. The lowest BCUT2D eigenvalue weighted by Crippen LogP contribution is -2.14. The molecule has 0 aliphatic carbocycles. The molecule has 0 radical (unpaired) electrons. The number of carbonyl (C=O) groups excluding carboxylic acids is 1. The summed E-state index contributed by atoms with van der Waals surface area (Å²) in [5, 5.41) is 19.9. The van der Waals surface area contributed by atoms with E-state index in [2.05, 4.69) is 21.5 Å². The minimum Gasteiger partial charge on any atom is -0.289 e. The Morgan fingerprint density at radius 1 is 1.24 bits per heavy atom. The summed E-state index contributed by atoms with van der Waals surface area (Å²) in [7, 11) is 0. The van der Waals surface area contributed by atoms with E-state index in [0.717, 1.165) is 28.5 Å². The van der Waals surface area contributed by atoms with Gasteiger partial charge in [0.2, 0.25) is 4.96 Å². The predicted molar refractivity (Wildman–Crippen MR) is 112 cm³/mol. The van der Waals surface area contributed by atoms with Crippen LogP contribution in [0.1, 0.15) is 21.5 Å². The van der Waals surface area contributed by atoms with Gasteiger partial charge in [-0.15, -0.1) is 16.4 Å². The number of nitro benzene ring substituents is 1. The molecule has 8 nitrogen and oxygen atoms in total. The van der Waals surface area contributed by atoms with Crippen molar-refractivity contribution in [1.29, 1.82) is 0 Å². The number of aromatic nitrogens is 3. The summed E-state index contributed by atoms with van der Waals surface area (Å²) in [6.45, 7) is 4.05. The number of benzene rings is 2. The van der Waals surface area contributed by atoms with Crippen LogP contribution in [0.15, 0.2) is 41.8 Å². The first kappa shape index (κ1) is 19.0. The molecule has 1 amide bonds. The van der Waals surface area contributed by atoms with Crippen molar-refractivity contribution in [2.45, 2.75) is 13.8 Å². The largest absolute Gasteiger partial charge is 0.289 e. The molecule has 0 spiro atoms. The number of nitro groups is 1. The summed E-state index contributed by atoms with van der Waals surface area (Å²) >= 11 is 7.43. The second kappa shape index (κ2) is 7.26. The van der Waals surface area contributed by atoms with Crippen LogP contribution in [0.2, 0.25) is 5.02 Å². The van der Waals surface area contributed by atoms with E-state index < -0.39 is 10.8 Å². The Hall–Kier alpha value is -3.30. The zero-order chi connectivity index (χ0) is 20.7. The summed E-state index contributed by atoms with van der Waals surface area (Å²) in [5.41, 5.74) is 3.91. The van der Waals surface area contributed by atoms with Gasteiger partial charge in [0.05, 0.1) is 21.2 Å². The van der Waals surface area contributed by atoms with Crippen LogP contribution in [0.5, 0.6) is 0 Å². The molecule has 2 aromatic heterocycles. The van der Waals surface area contributed by atoms with Crippen molar-refractivity contribution >= 4 is 45.4 Å². The average molecular weight is 428 g/mol. The van der Waals surface area contributed by atoms with Crippen LogP contribution in [-0.2, 0) is 0 Å². The maximum Gasteiger partial charge on any atom is 0.270 e. The Morgan fingerprint density at radius 3 is 2.76 bits per heavy atom. The standard InChI is InChI=1S/C19H14ClN5O3S/c1-10-3-5-13(11(2)7-10)16-9-29-19-22-18(23-24(16)19)21-17(26)14-8-12(25(27)28)4-6-15(14)20/h3-9H,1-2H3,(H,21,23,26). The smallest absolute Gasteiger partial charge is 0.270 e. The third kappa shape index (κ3) is 3.57. The number of nitrogens with one attached hydrogen (secondary N) is 1. The van der Waals surface area contributed by atoms with Crippen LogP contribution in [-0.4, -0.2) is 25.4 Å². The van der Waals surface area contributed by atoms with E-state index in [1.54, 1.807) is 4.52 Å². The highest BCUT2D eigenvalue weighted by Gasteiger charge is 2.19. The van der Waals surface area contributed by atoms with Gasteiger partial charge in [0.15, 0.2) is 0 Å². The first-order chi connectivity index (χ1) is 13.8. The molecule has 2 aromatic carbocycles. The fourth-order valence-electron chi connectivity index (χ4n) is 2.99. The molecule has 4 aromatic rings. The molecule has 0 saturated heterocycles. The molecular formula is C19H14ClN5O3S. The topological polar surface area (TPSA) is 102 Å². The monoisotopic (exact) mass is 427 g/mol. The predicted octanol–water partition coefficient (Wildman–Crippen LogP) is 4.89. The van der Waals surface area contributed by atoms with Crippen LogP contribution in [0.3, 0.4) is 0 Å². The molecule has 0 unspecified atom stereocenters. The van der Waals surface area contributed by atoms with Gasteiger partial charge in [-0.05, 0) is 25.5 Å². The Balaban J connectivity index is 1.66. The zero-order valence-electron chi connectivity index (χ0n) is 15.3. The van der Waals surface area contributed by atoms with Crippen molar-refractivity contribution in [1.82, 2.24) is 14.6 Å². The van der Waals surface area contributed by atoms with Crippen molar-refractivity contribution < 1.29 is 9.72 Å². The van der Waals surface area contributed by atoms with Gasteiger partial charge < -0.3 is 0 Å². The number of hydrogen-bond donors (Lipinski definition) is 1. The Kier molecular flexibility index (Phi) is 4.77. The number of carbonyl (C=O) groups is 1. The fraction of sp³-hybridized carbons (Fsp3) is 0.105. The van der Waals surface area contributed by atoms with Crippen LogP contribution in [0, 0.1) is 24.0 Å². The summed E-state index contributed by atoms with van der Waals surface area (Å²) in [6, 6.07) is 9.80. The second-order valence-corrected chi connectivity index (χ2v) is 7.69. The van der Waals surface area contributed by atoms with E-state index in [9.17, 15) is 14.9 Å². The van der Waals surface area contributed by atoms with Gasteiger partial charge in [0.25, 0.3) is 17.5 Å².